The number of halogens is 3. The number of nitrogen functional groups attached to an aromatic ring is 1. The van der Waals surface area contributed by atoms with Crippen LogP contribution in [-0.2, 0) is 6.18 Å². The average Bonchev–Trinajstić information content (AvgIpc) is 2.70. The number of benzene rings is 1. The van der Waals surface area contributed by atoms with Gasteiger partial charge in [0.05, 0.1) is 22.5 Å². The molecule has 0 saturated heterocycles. The van der Waals surface area contributed by atoms with Crippen LogP contribution in [0.4, 0.5) is 24.7 Å². The summed E-state index contributed by atoms with van der Waals surface area (Å²) in [7, 11) is 0. The number of alkyl halides is 3. The number of aromatic nitrogens is 2. The number of carbonyl (C=O) groups excluding carboxylic acids is 1. The lowest BCUT2D eigenvalue weighted by molar-refractivity contribution is -0.137. The summed E-state index contributed by atoms with van der Waals surface area (Å²) in [5.41, 5.74) is 4.83. The molecule has 106 valence electrons. The molecule has 20 heavy (non-hydrogen) atoms. The van der Waals surface area contributed by atoms with Gasteiger partial charge in [-0.15, -0.1) is 0 Å². The molecule has 1 aromatic carbocycles. The fraction of sp³-hybridized carbons (Fsp3) is 0.167. The molecule has 0 unspecified atom stereocenters. The second kappa shape index (κ2) is 4.87. The Morgan fingerprint density at radius 2 is 2.00 bits per heavy atom. The molecule has 5 nitrogen and oxygen atoms in total. The molecule has 0 radical (unpaired) electrons. The Hall–Kier alpha value is -2.51. The van der Waals surface area contributed by atoms with Crippen LogP contribution in [0.15, 0.2) is 24.3 Å². The second-order valence-corrected chi connectivity index (χ2v) is 4.11. The Bertz CT molecular complexity index is 648. The first-order valence-electron chi connectivity index (χ1n) is 5.58. The molecule has 4 N–H and O–H groups in total. The van der Waals surface area contributed by atoms with Gasteiger partial charge >= 0.3 is 6.18 Å². The Kier molecular flexibility index (Phi) is 3.39. The summed E-state index contributed by atoms with van der Waals surface area (Å²) in [5.74, 6) is -0.916. The number of aromatic amines is 1. The SMILES string of the molecule is Cc1[nH]nc(NC(=O)c2ccccc2C(F)(F)F)c1N. The van der Waals surface area contributed by atoms with E-state index in [0.29, 0.717) is 5.69 Å². The molecule has 2 aromatic rings. The first-order chi connectivity index (χ1) is 9.30. The molecule has 0 bridgehead atoms. The molecule has 1 heterocycles. The van der Waals surface area contributed by atoms with E-state index in [1.165, 1.54) is 12.1 Å². The maximum atomic E-state index is 12.8. The molecule has 1 amide bonds. The molecular formula is C12H11F3N4O. The van der Waals surface area contributed by atoms with Gasteiger partial charge in [-0.25, -0.2) is 0 Å². The third-order valence-corrected chi connectivity index (χ3v) is 2.70. The van der Waals surface area contributed by atoms with Crippen molar-refractivity contribution in [3.05, 3.63) is 41.1 Å². The molecule has 0 fully saturated rings. The van der Waals surface area contributed by atoms with Gasteiger partial charge in [-0.05, 0) is 19.1 Å². The number of nitrogens with zero attached hydrogens (tertiary/aromatic N) is 1. The quantitative estimate of drug-likeness (QED) is 0.792. The van der Waals surface area contributed by atoms with Crippen LogP contribution in [0.25, 0.3) is 0 Å². The van der Waals surface area contributed by atoms with Crippen molar-refractivity contribution in [3.63, 3.8) is 0 Å². The minimum atomic E-state index is -4.61. The van der Waals surface area contributed by atoms with Crippen molar-refractivity contribution in [1.29, 1.82) is 0 Å². The van der Waals surface area contributed by atoms with Crippen molar-refractivity contribution in [2.24, 2.45) is 0 Å². The predicted molar refractivity (Wildman–Crippen MR) is 67.1 cm³/mol. The highest BCUT2D eigenvalue weighted by atomic mass is 19.4. The second-order valence-electron chi connectivity index (χ2n) is 4.11. The molecule has 0 spiro atoms. The predicted octanol–water partition coefficient (Wildman–Crippen LogP) is 2.57. The number of hydrogen-bond donors (Lipinski definition) is 3. The zero-order valence-corrected chi connectivity index (χ0v) is 10.4. The number of anilines is 2. The number of hydrogen-bond acceptors (Lipinski definition) is 3. The van der Waals surface area contributed by atoms with E-state index in [2.05, 4.69) is 15.5 Å². The summed E-state index contributed by atoms with van der Waals surface area (Å²) >= 11 is 0. The molecule has 0 aliphatic heterocycles. The van der Waals surface area contributed by atoms with E-state index in [0.717, 1.165) is 12.1 Å². The van der Waals surface area contributed by atoms with Crippen LogP contribution in [-0.4, -0.2) is 16.1 Å². The number of aryl methyl sites for hydroxylation is 1. The van der Waals surface area contributed by atoms with Gasteiger partial charge in [-0.2, -0.15) is 18.3 Å². The molecule has 2 rings (SSSR count). The largest absolute Gasteiger partial charge is 0.417 e. The number of nitrogens with two attached hydrogens (primary N) is 1. The van der Waals surface area contributed by atoms with Crippen LogP contribution in [0.5, 0.6) is 0 Å². The molecule has 1 aromatic heterocycles. The number of rotatable bonds is 2. The van der Waals surface area contributed by atoms with E-state index in [-0.39, 0.29) is 11.5 Å². The first-order valence-corrected chi connectivity index (χ1v) is 5.58. The summed E-state index contributed by atoms with van der Waals surface area (Å²) in [6.45, 7) is 1.63. The van der Waals surface area contributed by atoms with E-state index >= 15 is 0 Å². The van der Waals surface area contributed by atoms with Crippen LogP contribution < -0.4 is 11.1 Å². The Morgan fingerprint density at radius 1 is 1.35 bits per heavy atom. The fourth-order valence-electron chi connectivity index (χ4n) is 1.64. The lowest BCUT2D eigenvalue weighted by Gasteiger charge is -2.11. The van der Waals surface area contributed by atoms with Gasteiger partial charge in [-0.1, -0.05) is 12.1 Å². The Morgan fingerprint density at radius 3 is 2.55 bits per heavy atom. The molecule has 0 aliphatic rings. The molecule has 8 heteroatoms. The lowest BCUT2D eigenvalue weighted by atomic mass is 10.1. The fourth-order valence-corrected chi connectivity index (χ4v) is 1.64. The van der Waals surface area contributed by atoms with Crippen LogP contribution in [0.2, 0.25) is 0 Å². The van der Waals surface area contributed by atoms with Crippen molar-refractivity contribution in [2.45, 2.75) is 13.1 Å². The zero-order chi connectivity index (χ0) is 14.9. The highest BCUT2D eigenvalue weighted by Crippen LogP contribution is 2.32. The standard InChI is InChI=1S/C12H11F3N4O/c1-6-9(16)10(19-18-6)17-11(20)7-4-2-3-5-8(7)12(13,14)15/h2-5H,16H2,1H3,(H2,17,18,19,20). The van der Waals surface area contributed by atoms with Crippen molar-refractivity contribution in [2.75, 3.05) is 11.1 Å². The van der Waals surface area contributed by atoms with Gasteiger partial charge < -0.3 is 11.1 Å². The lowest BCUT2D eigenvalue weighted by Crippen LogP contribution is -2.19. The van der Waals surface area contributed by atoms with E-state index in [1.807, 2.05) is 0 Å². The maximum Gasteiger partial charge on any atom is 0.417 e. The minimum Gasteiger partial charge on any atom is -0.394 e. The highest BCUT2D eigenvalue weighted by molar-refractivity contribution is 6.06. The van der Waals surface area contributed by atoms with Gasteiger partial charge in [0, 0.05) is 0 Å². The normalized spacial score (nSPS) is 11.4. The summed E-state index contributed by atoms with van der Waals surface area (Å²) < 4.78 is 38.4. The van der Waals surface area contributed by atoms with E-state index < -0.39 is 23.2 Å². The van der Waals surface area contributed by atoms with E-state index in [9.17, 15) is 18.0 Å². The van der Waals surface area contributed by atoms with E-state index in [4.69, 9.17) is 5.73 Å². The van der Waals surface area contributed by atoms with Gasteiger partial charge in [0.25, 0.3) is 5.91 Å². The first kappa shape index (κ1) is 13.9. The van der Waals surface area contributed by atoms with Gasteiger partial charge in [0.1, 0.15) is 0 Å². The van der Waals surface area contributed by atoms with Gasteiger partial charge in [-0.3, -0.25) is 9.89 Å². The number of carbonyl (C=O) groups is 1. The summed E-state index contributed by atoms with van der Waals surface area (Å²) in [5, 5.41) is 8.49. The van der Waals surface area contributed by atoms with Crippen molar-refractivity contribution in [3.8, 4) is 0 Å². The zero-order valence-electron chi connectivity index (χ0n) is 10.4. The third-order valence-electron chi connectivity index (χ3n) is 2.70. The van der Waals surface area contributed by atoms with Gasteiger partial charge in [0.2, 0.25) is 0 Å². The number of nitrogens with one attached hydrogen (secondary N) is 2. The topological polar surface area (TPSA) is 83.8 Å². The number of amides is 1. The van der Waals surface area contributed by atoms with Crippen LogP contribution in [0.1, 0.15) is 21.6 Å². The average molecular weight is 284 g/mol. The monoisotopic (exact) mass is 284 g/mol. The van der Waals surface area contributed by atoms with E-state index in [1.54, 1.807) is 6.92 Å². The van der Waals surface area contributed by atoms with Crippen LogP contribution in [0.3, 0.4) is 0 Å². The summed E-state index contributed by atoms with van der Waals surface area (Å²) in [6, 6.07) is 4.50. The Labute approximate surface area is 112 Å². The molecular weight excluding hydrogens is 273 g/mol. The minimum absolute atomic E-state index is 0.00415. The summed E-state index contributed by atoms with van der Waals surface area (Å²) in [4.78, 5) is 11.9. The van der Waals surface area contributed by atoms with Crippen LogP contribution in [0, 0.1) is 6.92 Å². The summed E-state index contributed by atoms with van der Waals surface area (Å²) in [6.07, 6.45) is -4.61. The smallest absolute Gasteiger partial charge is 0.394 e. The number of H-pyrrole nitrogens is 1. The molecule has 0 aliphatic carbocycles. The molecule has 0 saturated carbocycles. The highest BCUT2D eigenvalue weighted by Gasteiger charge is 2.35. The molecule has 0 atom stereocenters. The van der Waals surface area contributed by atoms with Crippen molar-refractivity contribution >= 4 is 17.4 Å². The van der Waals surface area contributed by atoms with Crippen molar-refractivity contribution < 1.29 is 18.0 Å². The third kappa shape index (κ3) is 2.58. The van der Waals surface area contributed by atoms with Gasteiger partial charge in [0.15, 0.2) is 5.82 Å². The van der Waals surface area contributed by atoms with Crippen molar-refractivity contribution in [1.82, 2.24) is 10.2 Å². The maximum absolute atomic E-state index is 12.8. The Balaban J connectivity index is 2.33. The van der Waals surface area contributed by atoms with Crippen LogP contribution >= 0.6 is 0 Å².